The summed E-state index contributed by atoms with van der Waals surface area (Å²) in [7, 11) is 0. The van der Waals surface area contributed by atoms with Gasteiger partial charge in [0.05, 0.1) is 12.0 Å². The number of carboxylic acids is 1. The zero-order chi connectivity index (χ0) is 14.3. The van der Waals surface area contributed by atoms with E-state index in [1.165, 1.54) is 0 Å². The van der Waals surface area contributed by atoms with E-state index in [0.717, 1.165) is 6.42 Å². The van der Waals surface area contributed by atoms with E-state index in [9.17, 15) is 14.7 Å². The summed E-state index contributed by atoms with van der Waals surface area (Å²) in [6.07, 6.45) is 1.96. The molecule has 110 valence electrons. The van der Waals surface area contributed by atoms with Crippen molar-refractivity contribution in [2.24, 2.45) is 5.41 Å². The Bertz CT molecular complexity index is 322. The van der Waals surface area contributed by atoms with Crippen LogP contribution in [0.25, 0.3) is 0 Å². The van der Waals surface area contributed by atoms with Crippen molar-refractivity contribution in [3.63, 3.8) is 0 Å². The van der Waals surface area contributed by atoms with Gasteiger partial charge in [-0.1, -0.05) is 13.3 Å². The molecule has 2 amide bonds. The molecule has 0 aliphatic carbocycles. The first-order chi connectivity index (χ1) is 9.05. The minimum atomic E-state index is -0.793. The number of hydrogen-bond donors (Lipinski definition) is 2. The Kier molecular flexibility index (Phi) is 6.08. The van der Waals surface area contributed by atoms with Crippen LogP contribution in [0.4, 0.5) is 4.79 Å². The standard InChI is InChI=1S/C13H24N2O4/c1-3-5-13(11(16)17)6-8-15(10-13)12(18)14-7-9-19-4-2/h3-10H2,1-2H3,(H,14,18)(H,16,17). The zero-order valence-corrected chi connectivity index (χ0v) is 11.8. The molecule has 6 heteroatoms. The third kappa shape index (κ3) is 4.09. The second-order valence-corrected chi connectivity index (χ2v) is 4.94. The molecule has 2 N–H and O–H groups in total. The van der Waals surface area contributed by atoms with E-state index < -0.39 is 11.4 Å². The number of rotatable bonds is 7. The van der Waals surface area contributed by atoms with Gasteiger partial charge in [-0.25, -0.2) is 4.79 Å². The molecule has 0 spiro atoms. The smallest absolute Gasteiger partial charge is 0.317 e. The second kappa shape index (κ2) is 7.33. The van der Waals surface area contributed by atoms with Crippen LogP contribution in [0, 0.1) is 5.41 Å². The molecule has 1 heterocycles. The monoisotopic (exact) mass is 272 g/mol. The van der Waals surface area contributed by atoms with Gasteiger partial charge in [0.25, 0.3) is 0 Å². The summed E-state index contributed by atoms with van der Waals surface area (Å²) >= 11 is 0. The Hall–Kier alpha value is -1.30. The first kappa shape index (κ1) is 15.8. The fourth-order valence-electron chi connectivity index (χ4n) is 2.50. The van der Waals surface area contributed by atoms with Gasteiger partial charge < -0.3 is 20.1 Å². The van der Waals surface area contributed by atoms with Crippen LogP contribution in [0.15, 0.2) is 0 Å². The molecule has 1 unspecified atom stereocenters. The molecule has 6 nitrogen and oxygen atoms in total. The molecule has 19 heavy (non-hydrogen) atoms. The SMILES string of the molecule is CCCC1(C(=O)O)CCN(C(=O)NCCOCC)C1. The molecule has 1 rings (SSSR count). The lowest BCUT2D eigenvalue weighted by atomic mass is 9.83. The van der Waals surface area contributed by atoms with Crippen molar-refractivity contribution in [3.8, 4) is 0 Å². The molecule has 1 saturated heterocycles. The number of aliphatic carboxylic acids is 1. The van der Waals surface area contributed by atoms with Gasteiger partial charge in [0, 0.05) is 26.2 Å². The average Bonchev–Trinajstić information content (AvgIpc) is 2.81. The van der Waals surface area contributed by atoms with Crippen LogP contribution in [-0.4, -0.2) is 54.9 Å². The lowest BCUT2D eigenvalue weighted by Crippen LogP contribution is -2.42. The predicted molar refractivity (Wildman–Crippen MR) is 71.1 cm³/mol. The summed E-state index contributed by atoms with van der Waals surface area (Å²) in [6, 6.07) is -0.195. The molecule has 1 aliphatic heterocycles. The van der Waals surface area contributed by atoms with Crippen LogP contribution in [0.3, 0.4) is 0 Å². The Labute approximate surface area is 114 Å². The maximum absolute atomic E-state index is 11.9. The van der Waals surface area contributed by atoms with Crippen molar-refractivity contribution in [1.82, 2.24) is 10.2 Å². The molecule has 0 saturated carbocycles. The van der Waals surface area contributed by atoms with Gasteiger partial charge in [-0.2, -0.15) is 0 Å². The molecule has 1 fully saturated rings. The van der Waals surface area contributed by atoms with E-state index in [4.69, 9.17) is 4.74 Å². The Morgan fingerprint density at radius 2 is 2.16 bits per heavy atom. The minimum absolute atomic E-state index is 0.195. The fourth-order valence-corrected chi connectivity index (χ4v) is 2.50. The second-order valence-electron chi connectivity index (χ2n) is 4.94. The molecule has 0 radical (unpaired) electrons. The summed E-state index contributed by atoms with van der Waals surface area (Å²) in [5.74, 6) is -0.793. The Morgan fingerprint density at radius 1 is 1.42 bits per heavy atom. The number of hydrogen-bond acceptors (Lipinski definition) is 3. The summed E-state index contributed by atoms with van der Waals surface area (Å²) in [5, 5.41) is 12.1. The topological polar surface area (TPSA) is 78.9 Å². The quantitative estimate of drug-likeness (QED) is 0.685. The number of nitrogens with zero attached hydrogens (tertiary/aromatic N) is 1. The largest absolute Gasteiger partial charge is 0.481 e. The molecule has 0 aromatic carbocycles. The highest BCUT2D eigenvalue weighted by Gasteiger charge is 2.45. The van der Waals surface area contributed by atoms with Gasteiger partial charge >= 0.3 is 12.0 Å². The van der Waals surface area contributed by atoms with Crippen molar-refractivity contribution < 1.29 is 19.4 Å². The van der Waals surface area contributed by atoms with Crippen molar-refractivity contribution in [1.29, 1.82) is 0 Å². The summed E-state index contributed by atoms with van der Waals surface area (Å²) in [4.78, 5) is 24.9. The van der Waals surface area contributed by atoms with E-state index in [-0.39, 0.29) is 6.03 Å². The van der Waals surface area contributed by atoms with Crippen molar-refractivity contribution in [3.05, 3.63) is 0 Å². The maximum atomic E-state index is 11.9. The van der Waals surface area contributed by atoms with Crippen LogP contribution in [0.2, 0.25) is 0 Å². The van der Waals surface area contributed by atoms with E-state index in [2.05, 4.69) is 5.32 Å². The summed E-state index contributed by atoms with van der Waals surface area (Å²) in [5.41, 5.74) is -0.758. The molecule has 0 bridgehead atoms. The van der Waals surface area contributed by atoms with E-state index in [0.29, 0.717) is 45.7 Å². The number of carbonyl (C=O) groups is 2. The van der Waals surface area contributed by atoms with Crippen LogP contribution >= 0.6 is 0 Å². The third-order valence-electron chi connectivity index (χ3n) is 3.55. The molecule has 0 aromatic heterocycles. The van der Waals surface area contributed by atoms with Gasteiger partial charge in [0.2, 0.25) is 0 Å². The van der Waals surface area contributed by atoms with Crippen LogP contribution < -0.4 is 5.32 Å². The van der Waals surface area contributed by atoms with Gasteiger partial charge in [-0.15, -0.1) is 0 Å². The normalized spacial score (nSPS) is 22.5. The van der Waals surface area contributed by atoms with Gasteiger partial charge in [0.1, 0.15) is 0 Å². The summed E-state index contributed by atoms with van der Waals surface area (Å²) in [6.45, 7) is 6.23. The van der Waals surface area contributed by atoms with Gasteiger partial charge in [-0.3, -0.25) is 4.79 Å². The van der Waals surface area contributed by atoms with Crippen molar-refractivity contribution >= 4 is 12.0 Å². The number of carboxylic acid groups (broad SMARTS) is 1. The van der Waals surface area contributed by atoms with Crippen LogP contribution in [-0.2, 0) is 9.53 Å². The lowest BCUT2D eigenvalue weighted by molar-refractivity contribution is -0.148. The number of ether oxygens (including phenoxy) is 1. The zero-order valence-electron chi connectivity index (χ0n) is 11.8. The van der Waals surface area contributed by atoms with Crippen molar-refractivity contribution in [2.75, 3.05) is 32.8 Å². The predicted octanol–water partition coefficient (Wildman–Crippen LogP) is 1.31. The number of nitrogens with one attached hydrogen (secondary N) is 1. The highest BCUT2D eigenvalue weighted by atomic mass is 16.5. The fraction of sp³-hybridized carbons (Fsp3) is 0.846. The van der Waals surface area contributed by atoms with Crippen LogP contribution in [0.1, 0.15) is 33.1 Å². The molecule has 0 aromatic rings. The van der Waals surface area contributed by atoms with E-state index in [1.54, 1.807) is 4.90 Å². The maximum Gasteiger partial charge on any atom is 0.317 e. The van der Waals surface area contributed by atoms with E-state index in [1.807, 2.05) is 13.8 Å². The van der Waals surface area contributed by atoms with Gasteiger partial charge in [-0.05, 0) is 19.8 Å². The molecular formula is C13H24N2O4. The van der Waals surface area contributed by atoms with Crippen LogP contribution in [0.5, 0.6) is 0 Å². The highest BCUT2D eigenvalue weighted by molar-refractivity contribution is 5.79. The van der Waals surface area contributed by atoms with Gasteiger partial charge in [0.15, 0.2) is 0 Å². The number of amides is 2. The minimum Gasteiger partial charge on any atom is -0.481 e. The molecule has 1 atom stereocenters. The number of carbonyl (C=O) groups excluding carboxylic acids is 1. The Balaban J connectivity index is 2.45. The summed E-state index contributed by atoms with van der Waals surface area (Å²) < 4.78 is 5.14. The average molecular weight is 272 g/mol. The third-order valence-corrected chi connectivity index (χ3v) is 3.55. The van der Waals surface area contributed by atoms with E-state index >= 15 is 0 Å². The first-order valence-corrected chi connectivity index (χ1v) is 6.89. The molecule has 1 aliphatic rings. The van der Waals surface area contributed by atoms with Crippen molar-refractivity contribution in [2.45, 2.75) is 33.1 Å². The lowest BCUT2D eigenvalue weighted by Gasteiger charge is -2.24. The number of urea groups is 1. The first-order valence-electron chi connectivity index (χ1n) is 6.89. The molecular weight excluding hydrogens is 248 g/mol. The number of likely N-dealkylation sites (tertiary alicyclic amines) is 1. The Morgan fingerprint density at radius 3 is 2.74 bits per heavy atom. The highest BCUT2D eigenvalue weighted by Crippen LogP contribution is 2.35.